The van der Waals surface area contributed by atoms with Gasteiger partial charge in [-0.3, -0.25) is 4.90 Å². The van der Waals surface area contributed by atoms with Gasteiger partial charge in [-0.25, -0.2) is 4.79 Å². The smallest absolute Gasteiger partial charge is 0.408 e. The summed E-state index contributed by atoms with van der Waals surface area (Å²) in [4.78, 5) is 17.0. The minimum absolute atomic E-state index is 0.363. The van der Waals surface area contributed by atoms with Gasteiger partial charge in [0, 0.05) is 44.5 Å². The molecule has 1 amide bonds. The lowest BCUT2D eigenvalue weighted by Gasteiger charge is -2.37. The highest BCUT2D eigenvalue weighted by Crippen LogP contribution is 2.32. The fraction of sp³-hybridized carbons (Fsp3) is 0.435. The Hall–Kier alpha value is -3.17. The Labute approximate surface area is 188 Å². The Balaban J connectivity index is 1.36. The highest BCUT2D eigenvalue weighted by atomic mass is 16.6. The standard InChI is InChI=1S/C23H30N6O3/c24-17-6-7-20(19(25)16-17)26-27-21-4-1-2-5-22(21)32-23(30)29-11-8-18(9-12-29)28-10-3-14-31-15-13-28/h1-2,4-7,16,18H,3,8-15,24-25H2/b27-26+. The van der Waals surface area contributed by atoms with Crippen LogP contribution in [0.5, 0.6) is 5.75 Å². The number of carbonyl (C=O) groups excluding carboxylic acids is 1. The number of nitrogens with two attached hydrogens (primary N) is 2. The number of rotatable bonds is 4. The van der Waals surface area contributed by atoms with Gasteiger partial charge in [0.25, 0.3) is 0 Å². The molecular weight excluding hydrogens is 408 g/mol. The molecule has 2 aliphatic heterocycles. The fourth-order valence-electron chi connectivity index (χ4n) is 4.10. The summed E-state index contributed by atoms with van der Waals surface area (Å²) in [6.07, 6.45) is 2.58. The molecule has 4 N–H and O–H groups in total. The molecule has 4 rings (SSSR count). The SMILES string of the molecule is Nc1ccc(/N=N/c2ccccc2OC(=O)N2CCC(N3CCCOCC3)CC2)c(N)c1. The monoisotopic (exact) mass is 438 g/mol. The number of ether oxygens (including phenoxy) is 2. The Kier molecular flexibility index (Phi) is 7.18. The first-order chi connectivity index (χ1) is 15.6. The molecule has 0 atom stereocenters. The van der Waals surface area contributed by atoms with E-state index in [9.17, 15) is 4.79 Å². The van der Waals surface area contributed by atoms with E-state index in [1.54, 1.807) is 41.3 Å². The summed E-state index contributed by atoms with van der Waals surface area (Å²) in [5, 5.41) is 8.43. The lowest BCUT2D eigenvalue weighted by Crippen LogP contribution is -2.48. The summed E-state index contributed by atoms with van der Waals surface area (Å²) < 4.78 is 11.2. The van der Waals surface area contributed by atoms with Crippen molar-refractivity contribution in [2.45, 2.75) is 25.3 Å². The predicted molar refractivity (Wildman–Crippen MR) is 124 cm³/mol. The summed E-state index contributed by atoms with van der Waals surface area (Å²) in [6, 6.07) is 12.6. The van der Waals surface area contributed by atoms with Crippen molar-refractivity contribution in [3.05, 3.63) is 42.5 Å². The fourth-order valence-corrected chi connectivity index (χ4v) is 4.10. The maximum absolute atomic E-state index is 12.8. The average molecular weight is 439 g/mol. The quantitative estimate of drug-likeness (QED) is 0.551. The third kappa shape index (κ3) is 5.54. The van der Waals surface area contributed by atoms with Crippen LogP contribution in [0.1, 0.15) is 19.3 Å². The zero-order chi connectivity index (χ0) is 22.3. The van der Waals surface area contributed by atoms with Crippen molar-refractivity contribution in [1.82, 2.24) is 9.80 Å². The van der Waals surface area contributed by atoms with E-state index in [2.05, 4.69) is 15.1 Å². The lowest BCUT2D eigenvalue weighted by atomic mass is 10.0. The lowest BCUT2D eigenvalue weighted by molar-refractivity contribution is 0.0917. The second-order valence-electron chi connectivity index (χ2n) is 8.07. The van der Waals surface area contributed by atoms with Crippen LogP contribution in [0.25, 0.3) is 0 Å². The van der Waals surface area contributed by atoms with Crippen molar-refractivity contribution in [3.8, 4) is 5.75 Å². The minimum Gasteiger partial charge on any atom is -0.408 e. The van der Waals surface area contributed by atoms with E-state index in [-0.39, 0.29) is 6.09 Å². The molecule has 0 aromatic heterocycles. The van der Waals surface area contributed by atoms with Crippen LogP contribution in [0, 0.1) is 0 Å². The molecular formula is C23H30N6O3. The molecule has 2 aromatic carbocycles. The molecule has 2 heterocycles. The van der Waals surface area contributed by atoms with Crippen molar-refractivity contribution in [2.75, 3.05) is 50.9 Å². The topological polar surface area (TPSA) is 119 Å². The number of azo groups is 1. The Morgan fingerprint density at radius 1 is 0.969 bits per heavy atom. The zero-order valence-corrected chi connectivity index (χ0v) is 18.2. The molecule has 0 bridgehead atoms. The molecule has 0 aliphatic carbocycles. The van der Waals surface area contributed by atoms with E-state index in [0.29, 0.717) is 47.6 Å². The van der Waals surface area contributed by atoms with Gasteiger partial charge in [0.2, 0.25) is 0 Å². The van der Waals surface area contributed by atoms with Crippen LogP contribution in [0.3, 0.4) is 0 Å². The molecule has 32 heavy (non-hydrogen) atoms. The highest BCUT2D eigenvalue weighted by Gasteiger charge is 2.28. The minimum atomic E-state index is -0.364. The van der Waals surface area contributed by atoms with Crippen LogP contribution >= 0.6 is 0 Å². The maximum Gasteiger partial charge on any atom is 0.415 e. The number of likely N-dealkylation sites (tertiary alicyclic amines) is 1. The average Bonchev–Trinajstić information content (AvgIpc) is 3.09. The molecule has 0 spiro atoms. The van der Waals surface area contributed by atoms with Crippen LogP contribution in [0.4, 0.5) is 27.5 Å². The zero-order valence-electron chi connectivity index (χ0n) is 18.2. The highest BCUT2D eigenvalue weighted by molar-refractivity contribution is 5.73. The largest absolute Gasteiger partial charge is 0.415 e. The number of benzene rings is 2. The van der Waals surface area contributed by atoms with Gasteiger partial charge in [0.05, 0.1) is 12.3 Å². The molecule has 2 aromatic rings. The molecule has 0 saturated carbocycles. The van der Waals surface area contributed by atoms with Gasteiger partial charge in [-0.1, -0.05) is 12.1 Å². The molecule has 0 radical (unpaired) electrons. The first kappa shape index (κ1) is 22.0. The third-order valence-corrected chi connectivity index (χ3v) is 5.88. The number of anilines is 2. The van der Waals surface area contributed by atoms with Gasteiger partial charge in [-0.2, -0.15) is 0 Å². The maximum atomic E-state index is 12.8. The van der Waals surface area contributed by atoms with Crippen LogP contribution < -0.4 is 16.2 Å². The van der Waals surface area contributed by atoms with E-state index in [1.165, 1.54) is 0 Å². The predicted octanol–water partition coefficient (Wildman–Crippen LogP) is 3.95. The molecule has 0 unspecified atom stereocenters. The number of hydrogen-bond donors (Lipinski definition) is 2. The number of hydrogen-bond acceptors (Lipinski definition) is 8. The van der Waals surface area contributed by atoms with E-state index in [4.69, 9.17) is 20.9 Å². The van der Waals surface area contributed by atoms with E-state index >= 15 is 0 Å². The molecule has 2 aliphatic rings. The van der Waals surface area contributed by atoms with Crippen LogP contribution in [-0.2, 0) is 4.74 Å². The van der Waals surface area contributed by atoms with Gasteiger partial charge in [-0.05, 0) is 49.6 Å². The Bertz CT molecular complexity index is 950. The second kappa shape index (κ2) is 10.4. The number of amides is 1. The second-order valence-corrected chi connectivity index (χ2v) is 8.07. The normalized spacial score (nSPS) is 18.6. The van der Waals surface area contributed by atoms with Crippen molar-refractivity contribution in [2.24, 2.45) is 10.2 Å². The van der Waals surface area contributed by atoms with Gasteiger partial charge in [-0.15, -0.1) is 10.2 Å². The number of nitrogen functional groups attached to an aromatic ring is 2. The van der Waals surface area contributed by atoms with Gasteiger partial charge in [0.15, 0.2) is 5.75 Å². The molecule has 2 fully saturated rings. The summed E-state index contributed by atoms with van der Waals surface area (Å²) in [6.45, 7) is 5.00. The number of carbonyl (C=O) groups is 1. The van der Waals surface area contributed by atoms with E-state index in [0.717, 1.165) is 45.6 Å². The molecule has 170 valence electrons. The number of para-hydroxylation sites is 1. The number of nitrogens with zero attached hydrogens (tertiary/aromatic N) is 4. The van der Waals surface area contributed by atoms with Gasteiger partial charge < -0.3 is 25.8 Å². The Morgan fingerprint density at radius 3 is 2.56 bits per heavy atom. The first-order valence-corrected chi connectivity index (χ1v) is 11.0. The number of piperidine rings is 1. The summed E-state index contributed by atoms with van der Waals surface area (Å²) >= 11 is 0. The summed E-state index contributed by atoms with van der Waals surface area (Å²) in [7, 11) is 0. The van der Waals surface area contributed by atoms with Gasteiger partial charge >= 0.3 is 6.09 Å². The van der Waals surface area contributed by atoms with E-state index in [1.807, 2.05) is 6.07 Å². The summed E-state index contributed by atoms with van der Waals surface area (Å²) in [5.74, 6) is 0.363. The van der Waals surface area contributed by atoms with Crippen LogP contribution in [0.2, 0.25) is 0 Å². The first-order valence-electron chi connectivity index (χ1n) is 11.0. The van der Waals surface area contributed by atoms with Crippen molar-refractivity contribution in [1.29, 1.82) is 0 Å². The Morgan fingerprint density at radius 2 is 1.75 bits per heavy atom. The third-order valence-electron chi connectivity index (χ3n) is 5.88. The summed E-state index contributed by atoms with van der Waals surface area (Å²) in [5.41, 5.74) is 13.6. The van der Waals surface area contributed by atoms with Crippen molar-refractivity contribution in [3.63, 3.8) is 0 Å². The molecule has 9 heteroatoms. The van der Waals surface area contributed by atoms with Crippen molar-refractivity contribution >= 4 is 28.8 Å². The van der Waals surface area contributed by atoms with Crippen LogP contribution in [-0.4, -0.2) is 61.3 Å². The van der Waals surface area contributed by atoms with Crippen molar-refractivity contribution < 1.29 is 14.3 Å². The molecule has 2 saturated heterocycles. The van der Waals surface area contributed by atoms with E-state index < -0.39 is 0 Å². The molecule has 9 nitrogen and oxygen atoms in total. The van der Waals surface area contributed by atoms with Gasteiger partial charge in [0.1, 0.15) is 11.4 Å². The van der Waals surface area contributed by atoms with Crippen LogP contribution in [0.15, 0.2) is 52.7 Å².